The highest BCUT2D eigenvalue weighted by atomic mass is 35.5. The largest absolute Gasteiger partial charge is 0.495 e. The molecule has 0 unspecified atom stereocenters. The second kappa shape index (κ2) is 7.75. The standard InChI is InChI=1S/C16H24ClNO2/c1-19-14-10-7-12(16(20-2)15(14)17)6-4-3-5-11-18-13-8-9-13/h7,10,13,18H,3-6,8-9,11H2,1-2H3. The van der Waals surface area contributed by atoms with Crippen LogP contribution in [-0.2, 0) is 6.42 Å². The maximum Gasteiger partial charge on any atom is 0.144 e. The Kier molecular flexibility index (Phi) is 5.99. The lowest BCUT2D eigenvalue weighted by atomic mass is 10.1. The number of hydrogen-bond donors (Lipinski definition) is 1. The van der Waals surface area contributed by atoms with Crippen molar-refractivity contribution in [2.45, 2.75) is 44.6 Å². The van der Waals surface area contributed by atoms with Crippen molar-refractivity contribution in [3.05, 3.63) is 22.7 Å². The Hall–Kier alpha value is -0.930. The van der Waals surface area contributed by atoms with E-state index in [1.807, 2.05) is 12.1 Å². The summed E-state index contributed by atoms with van der Waals surface area (Å²) in [7, 11) is 3.27. The van der Waals surface area contributed by atoms with Crippen molar-refractivity contribution >= 4 is 11.6 Å². The third-order valence-corrected chi connectivity index (χ3v) is 4.06. The molecule has 1 N–H and O–H groups in total. The molecule has 4 heteroatoms. The van der Waals surface area contributed by atoms with Gasteiger partial charge in [-0.2, -0.15) is 0 Å². The highest BCUT2D eigenvalue weighted by Crippen LogP contribution is 2.37. The first-order valence-corrected chi connectivity index (χ1v) is 7.76. The zero-order valence-electron chi connectivity index (χ0n) is 12.4. The summed E-state index contributed by atoms with van der Waals surface area (Å²) in [6, 6.07) is 4.77. The molecule has 0 spiro atoms. The van der Waals surface area contributed by atoms with E-state index >= 15 is 0 Å². The normalized spacial score (nSPS) is 14.3. The van der Waals surface area contributed by atoms with E-state index in [1.54, 1.807) is 14.2 Å². The molecular formula is C16H24ClNO2. The summed E-state index contributed by atoms with van der Waals surface area (Å²) < 4.78 is 10.6. The van der Waals surface area contributed by atoms with Gasteiger partial charge in [-0.15, -0.1) is 0 Å². The Bertz CT molecular complexity index is 433. The molecule has 0 heterocycles. The molecule has 0 radical (unpaired) electrons. The van der Waals surface area contributed by atoms with Gasteiger partial charge in [-0.3, -0.25) is 0 Å². The Balaban J connectivity index is 1.77. The van der Waals surface area contributed by atoms with Gasteiger partial charge in [0.1, 0.15) is 16.5 Å². The van der Waals surface area contributed by atoms with Gasteiger partial charge in [0.25, 0.3) is 0 Å². The molecule has 0 saturated heterocycles. The molecule has 1 aromatic carbocycles. The maximum atomic E-state index is 6.26. The van der Waals surface area contributed by atoms with Crippen LogP contribution < -0.4 is 14.8 Å². The van der Waals surface area contributed by atoms with Crippen LogP contribution in [0.5, 0.6) is 11.5 Å². The number of aryl methyl sites for hydroxylation is 1. The van der Waals surface area contributed by atoms with Gasteiger partial charge >= 0.3 is 0 Å². The van der Waals surface area contributed by atoms with Gasteiger partial charge in [0.15, 0.2) is 0 Å². The molecule has 1 aliphatic rings. The van der Waals surface area contributed by atoms with E-state index in [9.17, 15) is 0 Å². The lowest BCUT2D eigenvalue weighted by Crippen LogP contribution is -2.17. The first-order chi connectivity index (χ1) is 9.76. The molecule has 1 aliphatic carbocycles. The van der Waals surface area contributed by atoms with Crippen molar-refractivity contribution < 1.29 is 9.47 Å². The Labute approximate surface area is 126 Å². The number of rotatable bonds is 9. The number of benzene rings is 1. The number of methoxy groups -OCH3 is 2. The summed E-state index contributed by atoms with van der Waals surface area (Å²) in [5, 5.41) is 4.11. The van der Waals surface area contributed by atoms with E-state index in [1.165, 1.54) is 25.7 Å². The molecule has 1 fully saturated rings. The van der Waals surface area contributed by atoms with Crippen LogP contribution in [0.1, 0.15) is 37.7 Å². The average Bonchev–Trinajstić information content (AvgIpc) is 3.27. The Morgan fingerprint density at radius 1 is 1.15 bits per heavy atom. The van der Waals surface area contributed by atoms with Crippen LogP contribution in [0, 0.1) is 0 Å². The zero-order chi connectivity index (χ0) is 14.4. The SMILES string of the molecule is COc1ccc(CCCCCNC2CC2)c(OC)c1Cl. The van der Waals surface area contributed by atoms with Crippen LogP contribution in [0.2, 0.25) is 5.02 Å². The summed E-state index contributed by atoms with van der Waals surface area (Å²) >= 11 is 6.26. The molecule has 112 valence electrons. The number of hydrogen-bond acceptors (Lipinski definition) is 3. The molecule has 3 nitrogen and oxygen atoms in total. The fourth-order valence-electron chi connectivity index (χ4n) is 2.36. The monoisotopic (exact) mass is 297 g/mol. The van der Waals surface area contributed by atoms with Gasteiger partial charge in [-0.25, -0.2) is 0 Å². The van der Waals surface area contributed by atoms with E-state index in [0.717, 1.165) is 36.7 Å². The van der Waals surface area contributed by atoms with Crippen LogP contribution in [0.15, 0.2) is 12.1 Å². The van der Waals surface area contributed by atoms with E-state index < -0.39 is 0 Å². The van der Waals surface area contributed by atoms with Crippen molar-refractivity contribution in [3.8, 4) is 11.5 Å². The van der Waals surface area contributed by atoms with Gasteiger partial charge in [-0.1, -0.05) is 24.1 Å². The smallest absolute Gasteiger partial charge is 0.144 e. The summed E-state index contributed by atoms with van der Waals surface area (Å²) in [6.07, 6.45) is 7.35. The van der Waals surface area contributed by atoms with Crippen LogP contribution >= 0.6 is 11.6 Å². The number of nitrogens with one attached hydrogen (secondary N) is 1. The molecule has 1 saturated carbocycles. The fourth-order valence-corrected chi connectivity index (χ4v) is 2.70. The van der Waals surface area contributed by atoms with Crippen LogP contribution in [0.4, 0.5) is 0 Å². The number of unbranched alkanes of at least 4 members (excludes halogenated alkanes) is 2. The lowest BCUT2D eigenvalue weighted by Gasteiger charge is -2.13. The topological polar surface area (TPSA) is 30.5 Å². The van der Waals surface area contributed by atoms with E-state index in [-0.39, 0.29) is 0 Å². The van der Waals surface area contributed by atoms with Gasteiger partial charge in [0.05, 0.1) is 14.2 Å². The van der Waals surface area contributed by atoms with Gasteiger partial charge in [0, 0.05) is 6.04 Å². The summed E-state index contributed by atoms with van der Waals surface area (Å²) in [5.41, 5.74) is 1.16. The van der Waals surface area contributed by atoms with Crippen LogP contribution in [0.25, 0.3) is 0 Å². The van der Waals surface area contributed by atoms with E-state index in [0.29, 0.717) is 10.8 Å². The van der Waals surface area contributed by atoms with E-state index in [2.05, 4.69) is 5.32 Å². The molecular weight excluding hydrogens is 274 g/mol. The van der Waals surface area contributed by atoms with Crippen molar-refractivity contribution in [3.63, 3.8) is 0 Å². The summed E-state index contributed by atoms with van der Waals surface area (Å²) in [4.78, 5) is 0. The maximum absolute atomic E-state index is 6.26. The third-order valence-electron chi connectivity index (χ3n) is 3.70. The van der Waals surface area contributed by atoms with Gasteiger partial charge in [-0.05, 0) is 50.3 Å². The van der Waals surface area contributed by atoms with E-state index in [4.69, 9.17) is 21.1 Å². The van der Waals surface area contributed by atoms with Crippen LogP contribution in [0.3, 0.4) is 0 Å². The quantitative estimate of drug-likeness (QED) is 0.703. The molecule has 20 heavy (non-hydrogen) atoms. The minimum Gasteiger partial charge on any atom is -0.495 e. The summed E-state index contributed by atoms with van der Waals surface area (Å²) in [5.74, 6) is 1.42. The highest BCUT2D eigenvalue weighted by Gasteiger charge is 2.19. The van der Waals surface area contributed by atoms with Crippen LogP contribution in [-0.4, -0.2) is 26.8 Å². The second-order valence-corrected chi connectivity index (χ2v) is 5.69. The van der Waals surface area contributed by atoms with Crippen molar-refractivity contribution in [1.82, 2.24) is 5.32 Å². The number of ether oxygens (including phenoxy) is 2. The third kappa shape index (κ3) is 4.29. The van der Waals surface area contributed by atoms with Gasteiger partial charge in [0.2, 0.25) is 0 Å². The molecule has 0 atom stereocenters. The van der Waals surface area contributed by atoms with Crippen molar-refractivity contribution in [2.24, 2.45) is 0 Å². The second-order valence-electron chi connectivity index (χ2n) is 5.31. The molecule has 0 bridgehead atoms. The predicted molar refractivity (Wildman–Crippen MR) is 83.1 cm³/mol. The molecule has 0 aliphatic heterocycles. The zero-order valence-corrected chi connectivity index (χ0v) is 13.1. The Morgan fingerprint density at radius 3 is 2.60 bits per heavy atom. The lowest BCUT2D eigenvalue weighted by molar-refractivity contribution is 0.391. The highest BCUT2D eigenvalue weighted by molar-refractivity contribution is 6.33. The molecule has 0 amide bonds. The summed E-state index contributed by atoms with van der Waals surface area (Å²) in [6.45, 7) is 1.14. The predicted octanol–water partition coefficient (Wildman–Crippen LogP) is 3.82. The molecule has 2 rings (SSSR count). The van der Waals surface area contributed by atoms with Crippen molar-refractivity contribution in [2.75, 3.05) is 20.8 Å². The first-order valence-electron chi connectivity index (χ1n) is 7.39. The van der Waals surface area contributed by atoms with Crippen molar-refractivity contribution in [1.29, 1.82) is 0 Å². The first kappa shape index (κ1) is 15.5. The minimum absolute atomic E-state index is 0.572. The number of halogens is 1. The molecule has 1 aromatic rings. The van der Waals surface area contributed by atoms with Gasteiger partial charge < -0.3 is 14.8 Å². The average molecular weight is 298 g/mol. The molecule has 0 aromatic heterocycles. The fraction of sp³-hybridized carbons (Fsp3) is 0.625. The Morgan fingerprint density at radius 2 is 1.95 bits per heavy atom. The minimum atomic E-state index is 0.572.